The van der Waals surface area contributed by atoms with Crippen LogP contribution in [0.25, 0.3) is 0 Å². The summed E-state index contributed by atoms with van der Waals surface area (Å²) in [4.78, 5) is 14.1. The summed E-state index contributed by atoms with van der Waals surface area (Å²) in [6, 6.07) is 25.4. The normalized spacial score (nSPS) is 24.7. The van der Waals surface area contributed by atoms with Gasteiger partial charge in [-0.05, 0) is 67.8 Å². The van der Waals surface area contributed by atoms with Gasteiger partial charge in [-0.15, -0.1) is 0 Å². The van der Waals surface area contributed by atoms with Crippen molar-refractivity contribution in [2.75, 3.05) is 23.4 Å². The Morgan fingerprint density at radius 1 is 0.881 bits per heavy atom. The van der Waals surface area contributed by atoms with Crippen LogP contribution in [0.5, 0.6) is 0 Å². The molecule has 42 heavy (non-hydrogen) atoms. The lowest BCUT2D eigenvalue weighted by Crippen LogP contribution is -2.58. The number of nitrogens with one attached hydrogen (secondary N) is 1. The van der Waals surface area contributed by atoms with Crippen LogP contribution in [-0.4, -0.2) is 51.5 Å². The van der Waals surface area contributed by atoms with Crippen molar-refractivity contribution in [3.63, 3.8) is 0 Å². The SMILES string of the molecule is CC1(C)C2=C3C=C4C5=[N+](CCC4N(Nc4ccc(C(=O)O)cc4)C3CCN2c2ccccc21)c1ccccc1C5(C)C. The van der Waals surface area contributed by atoms with Crippen molar-refractivity contribution in [2.24, 2.45) is 0 Å². The molecule has 0 amide bonds. The number of hydrogen-bond acceptors (Lipinski definition) is 4. The molecule has 5 aliphatic rings. The zero-order valence-electron chi connectivity index (χ0n) is 24.7. The third-order valence-corrected chi connectivity index (χ3v) is 10.4. The summed E-state index contributed by atoms with van der Waals surface area (Å²) in [6.07, 6.45) is 4.57. The van der Waals surface area contributed by atoms with E-state index < -0.39 is 5.97 Å². The number of aromatic carboxylic acids is 1. The van der Waals surface area contributed by atoms with Crippen molar-refractivity contribution in [1.82, 2.24) is 5.01 Å². The van der Waals surface area contributed by atoms with Gasteiger partial charge in [0, 0.05) is 52.7 Å². The fourth-order valence-electron chi connectivity index (χ4n) is 8.56. The molecule has 212 valence electrons. The number of hydrazine groups is 1. The molecule has 0 spiro atoms. The third-order valence-electron chi connectivity index (χ3n) is 10.4. The average molecular weight is 558 g/mol. The molecule has 3 aromatic rings. The zero-order valence-corrected chi connectivity index (χ0v) is 24.7. The summed E-state index contributed by atoms with van der Waals surface area (Å²) < 4.78 is 2.57. The van der Waals surface area contributed by atoms with Gasteiger partial charge in [0.1, 0.15) is 0 Å². The van der Waals surface area contributed by atoms with Crippen molar-refractivity contribution < 1.29 is 14.5 Å². The lowest BCUT2D eigenvalue weighted by Gasteiger charge is -2.49. The van der Waals surface area contributed by atoms with Crippen LogP contribution in [0.2, 0.25) is 0 Å². The molecule has 5 heterocycles. The molecule has 2 atom stereocenters. The van der Waals surface area contributed by atoms with Crippen LogP contribution in [0.1, 0.15) is 62.0 Å². The summed E-state index contributed by atoms with van der Waals surface area (Å²) >= 11 is 0. The molecule has 0 radical (unpaired) electrons. The Hall–Kier alpha value is -4.16. The van der Waals surface area contributed by atoms with Crippen LogP contribution in [0, 0.1) is 0 Å². The molecule has 8 rings (SSSR count). The first-order valence-corrected chi connectivity index (χ1v) is 15.1. The molecule has 0 fully saturated rings. The van der Waals surface area contributed by atoms with E-state index in [4.69, 9.17) is 0 Å². The number of para-hydroxylation sites is 2. The summed E-state index contributed by atoms with van der Waals surface area (Å²) in [6.45, 7) is 11.4. The molecule has 2 N–H and O–H groups in total. The Morgan fingerprint density at radius 2 is 1.60 bits per heavy atom. The van der Waals surface area contributed by atoms with Gasteiger partial charge in [-0.25, -0.2) is 9.80 Å². The largest absolute Gasteiger partial charge is 0.478 e. The van der Waals surface area contributed by atoms with Gasteiger partial charge in [-0.3, -0.25) is 0 Å². The summed E-state index contributed by atoms with van der Waals surface area (Å²) in [5.41, 5.74) is 15.9. The predicted octanol–water partition coefficient (Wildman–Crippen LogP) is 6.63. The van der Waals surface area contributed by atoms with Gasteiger partial charge in [-0.2, -0.15) is 4.58 Å². The molecule has 0 saturated carbocycles. The van der Waals surface area contributed by atoms with E-state index in [2.05, 4.69) is 102 Å². The monoisotopic (exact) mass is 557 g/mol. The number of hydrogen-bond donors (Lipinski definition) is 2. The standard InChI is InChI=1S/C36H36N4O2/c1-35(2)26-9-5-7-11-30(26)38-19-17-28-24(32(35)38)21-25-29(40(28)37-23-15-13-22(14-16-23)34(41)42)18-20-39-31-12-8-6-10-27(31)36(3,4)33(25)39/h5-16,21,28-29,37H,17-20H2,1-4H3/p+1. The second kappa shape index (κ2) is 8.68. The molecular weight excluding hydrogens is 520 g/mol. The number of carbonyl (C=O) groups is 1. The Labute approximate surface area is 247 Å². The second-order valence-corrected chi connectivity index (χ2v) is 13.4. The highest BCUT2D eigenvalue weighted by Gasteiger charge is 2.55. The smallest absolute Gasteiger partial charge is 0.335 e. The maximum absolute atomic E-state index is 11.5. The Bertz CT molecular complexity index is 1760. The number of carboxylic acid groups (broad SMARTS) is 1. The van der Waals surface area contributed by atoms with Crippen molar-refractivity contribution in [1.29, 1.82) is 0 Å². The minimum absolute atomic E-state index is 0.115. The van der Waals surface area contributed by atoms with E-state index in [0.717, 1.165) is 31.6 Å². The first kappa shape index (κ1) is 25.5. The first-order chi connectivity index (χ1) is 20.2. The molecule has 3 aromatic carbocycles. The highest BCUT2D eigenvalue weighted by molar-refractivity contribution is 6.09. The fourth-order valence-corrected chi connectivity index (χ4v) is 8.56. The highest BCUT2D eigenvalue weighted by atomic mass is 16.4. The molecule has 0 bridgehead atoms. The van der Waals surface area contributed by atoms with E-state index >= 15 is 0 Å². The minimum atomic E-state index is -0.904. The zero-order chi connectivity index (χ0) is 29.0. The predicted molar refractivity (Wildman–Crippen MR) is 167 cm³/mol. The first-order valence-electron chi connectivity index (χ1n) is 15.1. The van der Waals surface area contributed by atoms with Crippen LogP contribution in [0.3, 0.4) is 0 Å². The van der Waals surface area contributed by atoms with Crippen LogP contribution < -0.4 is 10.3 Å². The van der Waals surface area contributed by atoms with Crippen LogP contribution in [0.15, 0.2) is 95.7 Å². The lowest BCUT2D eigenvalue weighted by atomic mass is 9.72. The molecule has 6 heteroatoms. The van der Waals surface area contributed by atoms with E-state index in [0.29, 0.717) is 5.56 Å². The fraction of sp³-hybridized carbons (Fsp3) is 0.333. The van der Waals surface area contributed by atoms with E-state index in [9.17, 15) is 9.90 Å². The van der Waals surface area contributed by atoms with Gasteiger partial charge in [0.2, 0.25) is 5.69 Å². The number of nitrogens with zero attached hydrogens (tertiary/aromatic N) is 3. The van der Waals surface area contributed by atoms with Gasteiger partial charge in [-0.1, -0.05) is 50.2 Å². The molecule has 6 nitrogen and oxygen atoms in total. The Morgan fingerprint density at radius 3 is 2.36 bits per heavy atom. The van der Waals surface area contributed by atoms with Gasteiger partial charge in [0.25, 0.3) is 0 Å². The molecule has 2 unspecified atom stereocenters. The Balaban J connectivity index is 1.33. The van der Waals surface area contributed by atoms with Crippen molar-refractivity contribution in [3.8, 4) is 0 Å². The highest BCUT2D eigenvalue weighted by Crippen LogP contribution is 2.54. The van der Waals surface area contributed by atoms with E-state index in [1.165, 1.54) is 45.1 Å². The third kappa shape index (κ3) is 3.36. The second-order valence-electron chi connectivity index (χ2n) is 13.4. The van der Waals surface area contributed by atoms with Crippen LogP contribution in [-0.2, 0) is 10.8 Å². The average Bonchev–Trinajstić information content (AvgIpc) is 3.37. The molecule has 0 aromatic heterocycles. The molecule has 0 saturated heterocycles. The molecular formula is C36H37N4O2+. The topological polar surface area (TPSA) is 58.8 Å². The lowest BCUT2D eigenvalue weighted by molar-refractivity contribution is -0.443. The van der Waals surface area contributed by atoms with Gasteiger partial charge >= 0.3 is 5.97 Å². The maximum Gasteiger partial charge on any atom is 0.335 e. The number of fused-ring (bicyclic) bond motifs is 8. The molecule has 5 aliphatic heterocycles. The van der Waals surface area contributed by atoms with Crippen LogP contribution in [0.4, 0.5) is 17.1 Å². The van der Waals surface area contributed by atoms with Gasteiger partial charge in [0.15, 0.2) is 12.3 Å². The summed E-state index contributed by atoms with van der Waals surface area (Å²) in [7, 11) is 0. The van der Waals surface area contributed by atoms with Crippen molar-refractivity contribution >= 4 is 28.7 Å². The number of benzene rings is 3. The molecule has 0 aliphatic carbocycles. The number of allylic oxidation sites excluding steroid dienone is 1. The summed E-state index contributed by atoms with van der Waals surface area (Å²) in [5, 5.41) is 12.0. The van der Waals surface area contributed by atoms with Crippen LogP contribution >= 0.6 is 0 Å². The van der Waals surface area contributed by atoms with Crippen molar-refractivity contribution in [3.05, 3.63) is 112 Å². The summed E-state index contributed by atoms with van der Waals surface area (Å²) in [5.74, 6) is -0.904. The van der Waals surface area contributed by atoms with E-state index in [1.807, 2.05) is 12.1 Å². The Kier molecular flexibility index (Phi) is 5.28. The quantitative estimate of drug-likeness (QED) is 0.354. The van der Waals surface area contributed by atoms with Gasteiger partial charge in [0.05, 0.1) is 23.1 Å². The van der Waals surface area contributed by atoms with E-state index in [1.54, 1.807) is 12.1 Å². The number of rotatable bonds is 3. The van der Waals surface area contributed by atoms with Gasteiger partial charge < -0.3 is 15.4 Å². The van der Waals surface area contributed by atoms with E-state index in [-0.39, 0.29) is 22.9 Å². The van der Waals surface area contributed by atoms with Crippen molar-refractivity contribution in [2.45, 2.75) is 63.5 Å². The maximum atomic E-state index is 11.5. The number of carboxylic acids is 1. The number of anilines is 2. The minimum Gasteiger partial charge on any atom is -0.478 e.